The molecule has 0 aliphatic carbocycles. The molecule has 3 N–H and O–H groups in total. The van der Waals surface area contributed by atoms with Crippen LogP contribution in [0.3, 0.4) is 0 Å². The van der Waals surface area contributed by atoms with Crippen molar-refractivity contribution in [2.75, 3.05) is 39.0 Å². The zero-order valence-electron chi connectivity index (χ0n) is 10.9. The van der Waals surface area contributed by atoms with E-state index in [9.17, 15) is 13.2 Å². The number of aromatic nitrogens is 1. The number of pyridine rings is 1. The number of hydrazine groups is 1. The molecule has 0 spiro atoms. The summed E-state index contributed by atoms with van der Waals surface area (Å²) in [5, 5.41) is 0. The fourth-order valence-electron chi connectivity index (χ4n) is 1.27. The van der Waals surface area contributed by atoms with Crippen LogP contribution in [0.15, 0.2) is 12.1 Å². The van der Waals surface area contributed by atoms with Gasteiger partial charge in [-0.3, -0.25) is 0 Å². The van der Waals surface area contributed by atoms with Gasteiger partial charge in [0.15, 0.2) is 0 Å². The van der Waals surface area contributed by atoms with Crippen molar-refractivity contribution in [1.82, 2.24) is 4.98 Å². The predicted octanol–water partition coefficient (Wildman–Crippen LogP) is 1.43. The molecule has 20 heavy (non-hydrogen) atoms. The fraction of sp³-hybridized carbons (Fsp3) is 0.545. The Bertz CT molecular complexity index is 416. The molecule has 0 aliphatic heterocycles. The molecular weight excluding hydrogens is 279 g/mol. The first-order valence-corrected chi connectivity index (χ1v) is 5.72. The molecule has 0 atom stereocenters. The van der Waals surface area contributed by atoms with Gasteiger partial charge in [0, 0.05) is 13.2 Å². The van der Waals surface area contributed by atoms with Crippen molar-refractivity contribution in [3.63, 3.8) is 0 Å². The number of alkyl halides is 3. The van der Waals surface area contributed by atoms with Crippen LogP contribution in [-0.4, -0.2) is 38.5 Å². The highest BCUT2D eigenvalue weighted by Crippen LogP contribution is 2.32. The molecule has 0 radical (unpaired) electrons. The molecule has 0 bridgehead atoms. The Morgan fingerprint density at radius 2 is 1.90 bits per heavy atom. The number of hydrogen-bond donors (Lipinski definition) is 2. The summed E-state index contributed by atoms with van der Waals surface area (Å²) in [5.41, 5.74) is 1.17. The number of nitrogens with zero attached hydrogens (tertiary/aromatic N) is 1. The third kappa shape index (κ3) is 5.59. The van der Waals surface area contributed by atoms with Crippen LogP contribution in [0.5, 0.6) is 5.88 Å². The first kappa shape index (κ1) is 16.5. The Morgan fingerprint density at radius 3 is 2.50 bits per heavy atom. The van der Waals surface area contributed by atoms with Crippen LogP contribution >= 0.6 is 0 Å². The summed E-state index contributed by atoms with van der Waals surface area (Å²) in [5.74, 6) is 4.76. The van der Waals surface area contributed by atoms with E-state index in [-0.39, 0.29) is 24.9 Å². The molecule has 1 heterocycles. The molecule has 0 fully saturated rings. The van der Waals surface area contributed by atoms with E-state index in [4.69, 9.17) is 20.1 Å². The van der Waals surface area contributed by atoms with Gasteiger partial charge in [-0.25, -0.2) is 5.84 Å². The first-order valence-electron chi connectivity index (χ1n) is 5.72. The maximum atomic E-state index is 12.6. The number of rotatable bonds is 8. The third-order valence-corrected chi connectivity index (χ3v) is 2.19. The molecular formula is C11H16F3N3O3. The second-order valence-electron chi connectivity index (χ2n) is 3.68. The zero-order chi connectivity index (χ0) is 15.0. The second-order valence-corrected chi connectivity index (χ2v) is 3.68. The average Bonchev–Trinajstić information content (AvgIpc) is 2.41. The van der Waals surface area contributed by atoms with E-state index in [0.29, 0.717) is 13.2 Å². The SMILES string of the molecule is COCCOCCOc1cc(C(F)(F)F)cc(NN)n1. The number of hydrogen-bond acceptors (Lipinski definition) is 6. The summed E-state index contributed by atoms with van der Waals surface area (Å²) in [7, 11) is 1.54. The van der Waals surface area contributed by atoms with Gasteiger partial charge in [0.05, 0.1) is 25.4 Å². The molecule has 6 nitrogen and oxygen atoms in total. The van der Waals surface area contributed by atoms with Crippen molar-refractivity contribution in [3.05, 3.63) is 17.7 Å². The van der Waals surface area contributed by atoms with Crippen LogP contribution in [0.4, 0.5) is 19.0 Å². The van der Waals surface area contributed by atoms with Gasteiger partial charge in [0.2, 0.25) is 5.88 Å². The monoisotopic (exact) mass is 295 g/mol. The number of nitrogens with two attached hydrogens (primary N) is 1. The van der Waals surface area contributed by atoms with Crippen LogP contribution in [0.1, 0.15) is 5.56 Å². The topological polar surface area (TPSA) is 78.6 Å². The fourth-order valence-corrected chi connectivity index (χ4v) is 1.27. The average molecular weight is 295 g/mol. The summed E-state index contributed by atoms with van der Waals surface area (Å²) in [6.07, 6.45) is -4.50. The largest absolute Gasteiger partial charge is 0.475 e. The zero-order valence-corrected chi connectivity index (χ0v) is 10.9. The van der Waals surface area contributed by atoms with Gasteiger partial charge in [-0.15, -0.1) is 0 Å². The van der Waals surface area contributed by atoms with E-state index in [0.717, 1.165) is 12.1 Å². The highest BCUT2D eigenvalue weighted by Gasteiger charge is 2.31. The number of methoxy groups -OCH3 is 1. The number of ether oxygens (including phenoxy) is 3. The molecule has 0 amide bonds. The summed E-state index contributed by atoms with van der Waals surface area (Å²) >= 11 is 0. The third-order valence-electron chi connectivity index (χ3n) is 2.19. The van der Waals surface area contributed by atoms with E-state index < -0.39 is 11.7 Å². The Balaban J connectivity index is 2.56. The van der Waals surface area contributed by atoms with Crippen LogP contribution in [0.2, 0.25) is 0 Å². The molecule has 9 heteroatoms. The highest BCUT2D eigenvalue weighted by atomic mass is 19.4. The van der Waals surface area contributed by atoms with Gasteiger partial charge in [0.25, 0.3) is 0 Å². The number of anilines is 1. The van der Waals surface area contributed by atoms with E-state index in [1.165, 1.54) is 7.11 Å². The molecule has 0 unspecified atom stereocenters. The van der Waals surface area contributed by atoms with Crippen molar-refractivity contribution in [2.24, 2.45) is 5.84 Å². The lowest BCUT2D eigenvalue weighted by Crippen LogP contribution is -2.14. The van der Waals surface area contributed by atoms with Gasteiger partial charge >= 0.3 is 6.18 Å². The molecule has 0 saturated carbocycles. The van der Waals surface area contributed by atoms with Gasteiger partial charge < -0.3 is 19.6 Å². The van der Waals surface area contributed by atoms with Crippen molar-refractivity contribution >= 4 is 5.82 Å². The second kappa shape index (κ2) is 7.88. The van der Waals surface area contributed by atoms with Gasteiger partial charge in [-0.1, -0.05) is 0 Å². The molecule has 1 rings (SSSR count). The number of nitrogen functional groups attached to an aromatic ring is 1. The first-order chi connectivity index (χ1) is 9.47. The molecule has 1 aromatic heterocycles. The van der Waals surface area contributed by atoms with Crippen LogP contribution in [-0.2, 0) is 15.7 Å². The normalized spacial score (nSPS) is 11.4. The Labute approximate surface area is 114 Å². The Kier molecular flexibility index (Phi) is 6.49. The molecule has 114 valence electrons. The Morgan fingerprint density at radius 1 is 1.20 bits per heavy atom. The molecule has 0 saturated heterocycles. The molecule has 1 aromatic rings. The summed E-state index contributed by atoms with van der Waals surface area (Å²) < 4.78 is 52.8. The summed E-state index contributed by atoms with van der Waals surface area (Å²) in [6.45, 7) is 1.10. The minimum atomic E-state index is -4.50. The highest BCUT2D eigenvalue weighted by molar-refractivity contribution is 5.41. The maximum absolute atomic E-state index is 12.6. The summed E-state index contributed by atoms with van der Waals surface area (Å²) in [6, 6.07) is 1.60. The smallest absolute Gasteiger partial charge is 0.416 e. The van der Waals surface area contributed by atoms with E-state index in [1.54, 1.807) is 0 Å². The van der Waals surface area contributed by atoms with Crippen LogP contribution in [0, 0.1) is 0 Å². The van der Waals surface area contributed by atoms with Gasteiger partial charge in [-0.05, 0) is 6.07 Å². The lowest BCUT2D eigenvalue weighted by Gasteiger charge is -2.12. The maximum Gasteiger partial charge on any atom is 0.416 e. The van der Waals surface area contributed by atoms with Crippen molar-refractivity contribution in [1.29, 1.82) is 0 Å². The molecule has 0 aromatic carbocycles. The van der Waals surface area contributed by atoms with Crippen LogP contribution in [0.25, 0.3) is 0 Å². The molecule has 0 aliphatic rings. The van der Waals surface area contributed by atoms with Crippen molar-refractivity contribution in [2.45, 2.75) is 6.18 Å². The Hall–Kier alpha value is -1.58. The lowest BCUT2D eigenvalue weighted by atomic mass is 10.2. The van der Waals surface area contributed by atoms with E-state index >= 15 is 0 Å². The minimum Gasteiger partial charge on any atom is -0.475 e. The minimum absolute atomic E-state index is 0.0715. The van der Waals surface area contributed by atoms with Crippen LogP contribution < -0.4 is 16.0 Å². The number of nitrogens with one attached hydrogen (secondary N) is 1. The van der Waals surface area contributed by atoms with Gasteiger partial charge in [-0.2, -0.15) is 18.2 Å². The van der Waals surface area contributed by atoms with Gasteiger partial charge in [0.1, 0.15) is 12.4 Å². The predicted molar refractivity (Wildman–Crippen MR) is 65.2 cm³/mol. The lowest BCUT2D eigenvalue weighted by molar-refractivity contribution is -0.137. The van der Waals surface area contributed by atoms with E-state index in [2.05, 4.69) is 10.4 Å². The van der Waals surface area contributed by atoms with Crippen molar-refractivity contribution < 1.29 is 27.4 Å². The standard InChI is InChI=1S/C11H16F3N3O3/c1-18-2-3-19-4-5-20-10-7-8(11(12,13)14)6-9(16-10)17-15/h6-7H,2-5,15H2,1H3,(H,16,17). The summed E-state index contributed by atoms with van der Waals surface area (Å²) in [4.78, 5) is 3.76. The quantitative estimate of drug-likeness (QED) is 0.429. The van der Waals surface area contributed by atoms with E-state index in [1.807, 2.05) is 0 Å². The van der Waals surface area contributed by atoms with Crippen molar-refractivity contribution in [3.8, 4) is 5.88 Å². The number of halogens is 3.